The first kappa shape index (κ1) is 17.7. The summed E-state index contributed by atoms with van der Waals surface area (Å²) in [4.78, 5) is 4.97. The van der Waals surface area contributed by atoms with Crippen LogP contribution in [0.1, 0.15) is 38.2 Å². The van der Waals surface area contributed by atoms with Crippen LogP contribution in [0.25, 0.3) is 0 Å². The highest BCUT2D eigenvalue weighted by atomic mass is 16.5. The number of aliphatic hydroxyl groups excluding tert-OH is 1. The lowest BCUT2D eigenvalue weighted by Gasteiger charge is -2.37. The van der Waals surface area contributed by atoms with Crippen molar-refractivity contribution in [1.29, 1.82) is 0 Å². The summed E-state index contributed by atoms with van der Waals surface area (Å²) < 4.78 is 5.88. The summed E-state index contributed by atoms with van der Waals surface area (Å²) in [5.41, 5.74) is 1.33. The van der Waals surface area contributed by atoms with Gasteiger partial charge in [-0.05, 0) is 69.3 Å². The Kier molecular flexibility index (Phi) is 6.52. The van der Waals surface area contributed by atoms with Crippen molar-refractivity contribution in [2.24, 2.45) is 5.92 Å². The van der Waals surface area contributed by atoms with E-state index in [1.165, 1.54) is 37.9 Å². The highest BCUT2D eigenvalue weighted by Crippen LogP contribution is 2.24. The van der Waals surface area contributed by atoms with Gasteiger partial charge in [-0.3, -0.25) is 9.80 Å². The van der Waals surface area contributed by atoms with Crippen molar-refractivity contribution in [3.63, 3.8) is 0 Å². The molecule has 2 heterocycles. The van der Waals surface area contributed by atoms with Gasteiger partial charge in [0.15, 0.2) is 0 Å². The highest BCUT2D eigenvalue weighted by Gasteiger charge is 2.24. The van der Waals surface area contributed by atoms with Crippen LogP contribution in [0.15, 0.2) is 24.3 Å². The Bertz CT molecular complexity index is 485. The standard InChI is InChI=1S/C20H32N2O2/c1-17-4-5-19(16-23)15-22(17)14-18-6-8-20(9-7-18)24-13-12-21-10-2-3-11-21/h6-9,17,19,23H,2-5,10-16H2,1H3. The molecule has 4 nitrogen and oxygen atoms in total. The molecule has 2 fully saturated rings. The van der Waals surface area contributed by atoms with Crippen molar-refractivity contribution in [2.45, 2.75) is 45.2 Å². The van der Waals surface area contributed by atoms with E-state index >= 15 is 0 Å². The van der Waals surface area contributed by atoms with E-state index in [4.69, 9.17) is 4.74 Å². The van der Waals surface area contributed by atoms with Gasteiger partial charge in [0.25, 0.3) is 0 Å². The first-order valence-corrected chi connectivity index (χ1v) is 9.53. The summed E-state index contributed by atoms with van der Waals surface area (Å²) in [6.07, 6.45) is 5.00. The monoisotopic (exact) mass is 332 g/mol. The van der Waals surface area contributed by atoms with Crippen molar-refractivity contribution in [3.05, 3.63) is 29.8 Å². The van der Waals surface area contributed by atoms with Crippen LogP contribution in [0.2, 0.25) is 0 Å². The number of rotatable bonds is 7. The molecule has 2 unspecified atom stereocenters. The molecule has 2 aliphatic rings. The van der Waals surface area contributed by atoms with Crippen LogP contribution < -0.4 is 4.74 Å². The zero-order valence-electron chi connectivity index (χ0n) is 15.0. The van der Waals surface area contributed by atoms with Crippen LogP contribution in [0, 0.1) is 5.92 Å². The molecular formula is C20H32N2O2. The molecule has 1 aromatic rings. The van der Waals surface area contributed by atoms with Crippen LogP contribution in [0.3, 0.4) is 0 Å². The zero-order chi connectivity index (χ0) is 16.8. The molecule has 0 radical (unpaired) electrons. The molecule has 3 rings (SSSR count). The fraction of sp³-hybridized carbons (Fsp3) is 0.700. The molecular weight excluding hydrogens is 300 g/mol. The van der Waals surface area contributed by atoms with E-state index < -0.39 is 0 Å². The summed E-state index contributed by atoms with van der Waals surface area (Å²) in [7, 11) is 0. The van der Waals surface area contributed by atoms with Gasteiger partial charge in [0.2, 0.25) is 0 Å². The summed E-state index contributed by atoms with van der Waals surface area (Å²) in [5.74, 6) is 1.41. The van der Waals surface area contributed by atoms with Crippen molar-refractivity contribution < 1.29 is 9.84 Å². The third-order valence-electron chi connectivity index (χ3n) is 5.55. The SMILES string of the molecule is CC1CCC(CO)CN1Cc1ccc(OCCN2CCCC2)cc1. The zero-order valence-corrected chi connectivity index (χ0v) is 15.0. The van der Waals surface area contributed by atoms with E-state index in [2.05, 4.69) is 41.0 Å². The highest BCUT2D eigenvalue weighted by molar-refractivity contribution is 5.27. The fourth-order valence-corrected chi connectivity index (χ4v) is 3.86. The Hall–Kier alpha value is -1.10. The second-order valence-corrected chi connectivity index (χ2v) is 7.45. The smallest absolute Gasteiger partial charge is 0.119 e. The molecule has 2 atom stereocenters. The summed E-state index contributed by atoms with van der Waals surface area (Å²) in [5, 5.41) is 9.41. The van der Waals surface area contributed by atoms with E-state index in [0.717, 1.165) is 38.4 Å². The van der Waals surface area contributed by atoms with E-state index in [1.54, 1.807) is 0 Å². The van der Waals surface area contributed by atoms with Crippen LogP contribution in [-0.4, -0.2) is 60.3 Å². The number of hydrogen-bond acceptors (Lipinski definition) is 4. The number of aliphatic hydroxyl groups is 1. The number of piperidine rings is 1. The minimum absolute atomic E-state index is 0.313. The Balaban J connectivity index is 1.45. The average molecular weight is 332 g/mol. The Morgan fingerprint density at radius 2 is 1.88 bits per heavy atom. The van der Waals surface area contributed by atoms with Crippen molar-refractivity contribution in [1.82, 2.24) is 9.80 Å². The first-order chi connectivity index (χ1) is 11.7. The molecule has 0 aliphatic carbocycles. The molecule has 4 heteroatoms. The Labute approximate surface area is 146 Å². The van der Waals surface area contributed by atoms with Gasteiger partial charge in [-0.2, -0.15) is 0 Å². The quantitative estimate of drug-likeness (QED) is 0.833. The molecule has 0 aromatic heterocycles. The van der Waals surface area contributed by atoms with Crippen LogP contribution in [0.5, 0.6) is 5.75 Å². The van der Waals surface area contributed by atoms with Crippen molar-refractivity contribution in [2.75, 3.05) is 39.4 Å². The van der Waals surface area contributed by atoms with Gasteiger partial charge < -0.3 is 9.84 Å². The maximum Gasteiger partial charge on any atom is 0.119 e. The normalized spacial score (nSPS) is 25.9. The Morgan fingerprint density at radius 3 is 2.58 bits per heavy atom. The summed E-state index contributed by atoms with van der Waals surface area (Å²) in [6.45, 7) is 8.85. The molecule has 0 spiro atoms. The molecule has 0 bridgehead atoms. The van der Waals surface area contributed by atoms with E-state index in [0.29, 0.717) is 18.6 Å². The molecule has 134 valence electrons. The van der Waals surface area contributed by atoms with Gasteiger partial charge in [0.1, 0.15) is 12.4 Å². The Morgan fingerprint density at radius 1 is 1.12 bits per heavy atom. The maximum atomic E-state index is 9.41. The van der Waals surface area contributed by atoms with E-state index in [-0.39, 0.29) is 0 Å². The van der Waals surface area contributed by atoms with Gasteiger partial charge in [0.05, 0.1) is 0 Å². The van der Waals surface area contributed by atoms with E-state index in [9.17, 15) is 5.11 Å². The van der Waals surface area contributed by atoms with Crippen molar-refractivity contribution >= 4 is 0 Å². The number of hydrogen-bond donors (Lipinski definition) is 1. The number of ether oxygens (including phenoxy) is 1. The predicted molar refractivity (Wildman–Crippen MR) is 97.3 cm³/mol. The maximum absolute atomic E-state index is 9.41. The fourth-order valence-electron chi connectivity index (χ4n) is 3.86. The minimum Gasteiger partial charge on any atom is -0.492 e. The topological polar surface area (TPSA) is 35.9 Å². The molecule has 0 saturated carbocycles. The second-order valence-electron chi connectivity index (χ2n) is 7.45. The van der Waals surface area contributed by atoms with Crippen LogP contribution in [-0.2, 0) is 6.54 Å². The van der Waals surface area contributed by atoms with Gasteiger partial charge in [-0.15, -0.1) is 0 Å². The van der Waals surface area contributed by atoms with Gasteiger partial charge in [0, 0.05) is 32.3 Å². The molecule has 2 saturated heterocycles. The summed E-state index contributed by atoms with van der Waals surface area (Å²) in [6, 6.07) is 9.15. The van der Waals surface area contributed by atoms with Crippen LogP contribution >= 0.6 is 0 Å². The molecule has 0 amide bonds. The number of benzene rings is 1. The summed E-state index contributed by atoms with van der Waals surface area (Å²) >= 11 is 0. The lowest BCUT2D eigenvalue weighted by atomic mass is 9.93. The predicted octanol–water partition coefficient (Wildman–Crippen LogP) is 2.75. The number of likely N-dealkylation sites (tertiary alicyclic amines) is 2. The second kappa shape index (κ2) is 8.84. The lowest BCUT2D eigenvalue weighted by Crippen LogP contribution is -2.42. The third kappa shape index (κ3) is 4.95. The largest absolute Gasteiger partial charge is 0.492 e. The average Bonchev–Trinajstić information content (AvgIpc) is 3.12. The van der Waals surface area contributed by atoms with E-state index in [1.807, 2.05) is 0 Å². The van der Waals surface area contributed by atoms with Crippen LogP contribution in [0.4, 0.5) is 0 Å². The molecule has 2 aliphatic heterocycles. The van der Waals surface area contributed by atoms with Crippen molar-refractivity contribution in [3.8, 4) is 5.75 Å². The van der Waals surface area contributed by atoms with Gasteiger partial charge in [-0.25, -0.2) is 0 Å². The molecule has 1 N–H and O–H groups in total. The minimum atomic E-state index is 0.313. The lowest BCUT2D eigenvalue weighted by molar-refractivity contribution is 0.0771. The third-order valence-corrected chi connectivity index (χ3v) is 5.55. The number of nitrogens with zero attached hydrogens (tertiary/aromatic N) is 2. The molecule has 24 heavy (non-hydrogen) atoms. The van der Waals surface area contributed by atoms with Gasteiger partial charge in [-0.1, -0.05) is 12.1 Å². The first-order valence-electron chi connectivity index (χ1n) is 9.53. The van der Waals surface area contributed by atoms with Gasteiger partial charge >= 0.3 is 0 Å². The molecule has 1 aromatic carbocycles.